The summed E-state index contributed by atoms with van der Waals surface area (Å²) in [6.45, 7) is -0.166. The maximum Gasteiger partial charge on any atom is 0.239 e. The van der Waals surface area contributed by atoms with Crippen LogP contribution in [0.1, 0.15) is 10.4 Å². The Hall–Kier alpha value is -3.15. The van der Waals surface area contributed by atoms with E-state index in [4.69, 9.17) is 11.5 Å². The molecule has 0 saturated heterocycles. The zero-order valence-corrected chi connectivity index (χ0v) is 11.7. The predicted molar refractivity (Wildman–Crippen MR) is 84.2 cm³/mol. The van der Waals surface area contributed by atoms with Gasteiger partial charge in [-0.05, 0) is 16.8 Å². The Balaban J connectivity index is 2.16. The van der Waals surface area contributed by atoms with Crippen molar-refractivity contribution < 1.29 is 9.59 Å². The van der Waals surface area contributed by atoms with Crippen molar-refractivity contribution in [3.8, 4) is 11.3 Å². The lowest BCUT2D eigenvalue weighted by Crippen LogP contribution is -2.20. The van der Waals surface area contributed by atoms with Gasteiger partial charge in [-0.1, -0.05) is 36.4 Å². The molecule has 0 aliphatic rings. The molecule has 22 heavy (non-hydrogen) atoms. The summed E-state index contributed by atoms with van der Waals surface area (Å²) < 4.78 is 1.25. The molecule has 3 aromatic rings. The summed E-state index contributed by atoms with van der Waals surface area (Å²) in [5.41, 5.74) is 12.5. The van der Waals surface area contributed by atoms with E-state index < -0.39 is 5.91 Å². The molecule has 6 heteroatoms. The lowest BCUT2D eigenvalue weighted by atomic mass is 10.0. The molecule has 0 bridgehead atoms. The van der Waals surface area contributed by atoms with Crippen molar-refractivity contribution in [1.82, 2.24) is 9.78 Å². The molecule has 0 atom stereocenters. The summed E-state index contributed by atoms with van der Waals surface area (Å²) in [6.07, 6.45) is 0.643. The summed E-state index contributed by atoms with van der Waals surface area (Å²) in [5.74, 6) is -0.436. The largest absolute Gasteiger partial charge is 0.383 e. The molecule has 0 spiro atoms. The van der Waals surface area contributed by atoms with E-state index in [1.807, 2.05) is 42.5 Å². The van der Waals surface area contributed by atoms with Gasteiger partial charge in [-0.3, -0.25) is 9.59 Å². The molecule has 0 saturated carbocycles. The van der Waals surface area contributed by atoms with Gasteiger partial charge in [0, 0.05) is 5.56 Å². The van der Waals surface area contributed by atoms with Crippen LogP contribution >= 0.6 is 0 Å². The Labute approximate surface area is 126 Å². The smallest absolute Gasteiger partial charge is 0.239 e. The lowest BCUT2D eigenvalue weighted by molar-refractivity contribution is -0.118. The number of aldehydes is 1. The molecule has 6 nitrogen and oxygen atoms in total. The van der Waals surface area contributed by atoms with Crippen molar-refractivity contribution in [2.75, 3.05) is 5.73 Å². The maximum atomic E-state index is 11.3. The Morgan fingerprint density at radius 3 is 2.59 bits per heavy atom. The van der Waals surface area contributed by atoms with Gasteiger partial charge in [-0.25, -0.2) is 4.68 Å². The van der Waals surface area contributed by atoms with Crippen LogP contribution in [0.2, 0.25) is 0 Å². The van der Waals surface area contributed by atoms with E-state index in [0.29, 0.717) is 12.0 Å². The average Bonchev–Trinajstić information content (AvgIpc) is 2.82. The van der Waals surface area contributed by atoms with Crippen LogP contribution in [0.25, 0.3) is 22.0 Å². The van der Waals surface area contributed by atoms with Crippen molar-refractivity contribution in [2.45, 2.75) is 6.54 Å². The highest BCUT2D eigenvalue weighted by Crippen LogP contribution is 2.28. The van der Waals surface area contributed by atoms with Crippen molar-refractivity contribution in [3.63, 3.8) is 0 Å². The first kappa shape index (κ1) is 13.8. The minimum atomic E-state index is -0.572. The quantitative estimate of drug-likeness (QED) is 0.713. The molecular weight excluding hydrogens is 280 g/mol. The Kier molecular flexibility index (Phi) is 3.34. The molecule has 0 fully saturated rings. The first-order valence-electron chi connectivity index (χ1n) is 6.69. The summed E-state index contributed by atoms with van der Waals surface area (Å²) in [4.78, 5) is 22.4. The summed E-state index contributed by atoms with van der Waals surface area (Å²) in [5, 5.41) is 6.37. The Morgan fingerprint density at radius 2 is 1.91 bits per heavy atom. The molecule has 0 aliphatic heterocycles. The normalized spacial score (nSPS) is 10.7. The molecular formula is C16H14N4O2. The maximum absolute atomic E-state index is 11.3. The number of rotatable bonds is 4. The third-order valence-corrected chi connectivity index (χ3v) is 3.48. The second-order valence-corrected chi connectivity index (χ2v) is 4.95. The van der Waals surface area contributed by atoms with Crippen LogP contribution in [0.5, 0.6) is 0 Å². The van der Waals surface area contributed by atoms with Gasteiger partial charge in [0.2, 0.25) is 5.91 Å². The SMILES string of the molecule is NC(=O)Cn1nc(-c2ccc3ccccc3c2)c(C=O)c1N. The number of primary amides is 1. The molecule has 1 heterocycles. The van der Waals surface area contributed by atoms with E-state index in [9.17, 15) is 9.59 Å². The molecule has 2 aromatic carbocycles. The first-order valence-corrected chi connectivity index (χ1v) is 6.69. The standard InChI is InChI=1S/C16H14N4O2/c17-14(22)8-20-16(18)13(9-21)15(19-20)12-6-5-10-3-1-2-4-11(10)7-12/h1-7,9H,8,18H2,(H2,17,22). The van der Waals surface area contributed by atoms with Crippen LogP contribution in [0.15, 0.2) is 42.5 Å². The van der Waals surface area contributed by atoms with Gasteiger partial charge >= 0.3 is 0 Å². The average molecular weight is 294 g/mol. The molecule has 1 aromatic heterocycles. The van der Waals surface area contributed by atoms with E-state index in [0.717, 1.165) is 16.3 Å². The number of nitrogens with two attached hydrogens (primary N) is 2. The molecule has 110 valence electrons. The van der Waals surface area contributed by atoms with Crippen molar-refractivity contribution >= 4 is 28.8 Å². The fourth-order valence-corrected chi connectivity index (χ4v) is 2.42. The highest BCUT2D eigenvalue weighted by molar-refractivity contribution is 5.94. The fourth-order valence-electron chi connectivity index (χ4n) is 2.42. The van der Waals surface area contributed by atoms with Gasteiger partial charge in [0.25, 0.3) is 0 Å². The lowest BCUT2D eigenvalue weighted by Gasteiger charge is -2.02. The van der Waals surface area contributed by atoms with Gasteiger partial charge in [0.15, 0.2) is 6.29 Å². The van der Waals surface area contributed by atoms with E-state index >= 15 is 0 Å². The third kappa shape index (κ3) is 2.31. The number of hydrogen-bond donors (Lipinski definition) is 2. The number of benzene rings is 2. The molecule has 4 N–H and O–H groups in total. The number of carbonyl (C=O) groups excluding carboxylic acids is 2. The number of fused-ring (bicyclic) bond motifs is 1. The highest BCUT2D eigenvalue weighted by atomic mass is 16.1. The third-order valence-electron chi connectivity index (χ3n) is 3.48. The second kappa shape index (κ2) is 5.33. The Bertz CT molecular complexity index is 883. The predicted octanol–water partition coefficient (Wildman–Crippen LogP) is 1.58. The number of carbonyl (C=O) groups is 2. The van der Waals surface area contributed by atoms with Crippen LogP contribution in [0.3, 0.4) is 0 Å². The van der Waals surface area contributed by atoms with Gasteiger partial charge in [0.1, 0.15) is 18.1 Å². The molecule has 0 unspecified atom stereocenters. The van der Waals surface area contributed by atoms with Crippen LogP contribution in [0, 0.1) is 0 Å². The van der Waals surface area contributed by atoms with E-state index in [1.165, 1.54) is 4.68 Å². The summed E-state index contributed by atoms with van der Waals surface area (Å²) in [6, 6.07) is 13.6. The zero-order valence-electron chi connectivity index (χ0n) is 11.7. The summed E-state index contributed by atoms with van der Waals surface area (Å²) >= 11 is 0. The van der Waals surface area contributed by atoms with Crippen molar-refractivity contribution in [1.29, 1.82) is 0 Å². The number of hydrogen-bond acceptors (Lipinski definition) is 4. The van der Waals surface area contributed by atoms with E-state index in [-0.39, 0.29) is 17.9 Å². The number of aromatic nitrogens is 2. The van der Waals surface area contributed by atoms with E-state index in [2.05, 4.69) is 5.10 Å². The minimum absolute atomic E-state index is 0.136. The molecule has 0 aliphatic carbocycles. The van der Waals surface area contributed by atoms with Crippen molar-refractivity contribution in [3.05, 3.63) is 48.0 Å². The molecule has 1 amide bonds. The van der Waals surface area contributed by atoms with Gasteiger partial charge < -0.3 is 11.5 Å². The molecule has 0 radical (unpaired) electrons. The minimum Gasteiger partial charge on any atom is -0.383 e. The Morgan fingerprint density at radius 1 is 1.18 bits per heavy atom. The number of amides is 1. The van der Waals surface area contributed by atoms with Crippen LogP contribution in [0.4, 0.5) is 5.82 Å². The molecule has 3 rings (SSSR count). The topological polar surface area (TPSA) is 104 Å². The monoisotopic (exact) mass is 294 g/mol. The summed E-state index contributed by atoms with van der Waals surface area (Å²) in [7, 11) is 0. The van der Waals surface area contributed by atoms with E-state index in [1.54, 1.807) is 0 Å². The number of nitrogens with zero attached hydrogens (tertiary/aromatic N) is 2. The highest BCUT2D eigenvalue weighted by Gasteiger charge is 2.17. The van der Waals surface area contributed by atoms with Gasteiger partial charge in [-0.2, -0.15) is 5.10 Å². The fraction of sp³-hybridized carbons (Fsp3) is 0.0625. The first-order chi connectivity index (χ1) is 10.6. The number of nitrogen functional groups attached to an aromatic ring is 1. The van der Waals surface area contributed by atoms with Crippen LogP contribution in [-0.2, 0) is 11.3 Å². The zero-order chi connectivity index (χ0) is 15.7. The van der Waals surface area contributed by atoms with Gasteiger partial charge in [0.05, 0.1) is 5.56 Å². The van der Waals surface area contributed by atoms with Crippen LogP contribution < -0.4 is 11.5 Å². The van der Waals surface area contributed by atoms with Gasteiger partial charge in [-0.15, -0.1) is 0 Å². The van der Waals surface area contributed by atoms with Crippen LogP contribution in [-0.4, -0.2) is 22.0 Å². The van der Waals surface area contributed by atoms with Crippen molar-refractivity contribution in [2.24, 2.45) is 5.73 Å². The second-order valence-electron chi connectivity index (χ2n) is 4.95. The number of anilines is 1.